The van der Waals surface area contributed by atoms with Crippen molar-refractivity contribution in [3.8, 4) is 0 Å². The van der Waals surface area contributed by atoms with Crippen molar-refractivity contribution in [2.75, 3.05) is 13.2 Å². The monoisotopic (exact) mass is 332 g/mol. The maximum absolute atomic E-state index is 11.1. The lowest BCUT2D eigenvalue weighted by Gasteiger charge is -2.27. The van der Waals surface area contributed by atoms with E-state index in [1.807, 2.05) is 0 Å². The van der Waals surface area contributed by atoms with Crippen molar-refractivity contribution < 1.29 is 9.53 Å². The number of hydrogen-bond acceptors (Lipinski definition) is 3. The van der Waals surface area contributed by atoms with E-state index in [1.54, 1.807) is 0 Å². The van der Waals surface area contributed by atoms with Crippen LogP contribution >= 0.6 is 22.6 Å². The molecule has 1 saturated carbocycles. The summed E-state index contributed by atoms with van der Waals surface area (Å²) in [6, 6.07) is 2.43. The summed E-state index contributed by atoms with van der Waals surface area (Å²) in [5.41, 5.74) is 1.25. The second-order valence-electron chi connectivity index (χ2n) is 4.50. The fourth-order valence-electron chi connectivity index (χ4n) is 2.38. The van der Waals surface area contributed by atoms with Gasteiger partial charge in [-0.3, -0.25) is 9.48 Å². The molecule has 1 aromatic rings. The molecule has 1 aliphatic carbocycles. The van der Waals surface area contributed by atoms with Crippen molar-refractivity contribution in [2.45, 2.75) is 31.2 Å². The maximum atomic E-state index is 11.1. The van der Waals surface area contributed by atoms with Crippen LogP contribution in [0.25, 0.3) is 0 Å². The number of carbonyl (C=O) groups is 1. The zero-order valence-electron chi connectivity index (χ0n) is 8.86. The van der Waals surface area contributed by atoms with Gasteiger partial charge in [-0.25, -0.2) is 0 Å². The maximum Gasteiger partial charge on any atom is 0.137 e. The SMILES string of the molecule is O=C1CC(n2nc(I)cc2C2CCOC2)C1. The van der Waals surface area contributed by atoms with Gasteiger partial charge in [-0.05, 0) is 35.1 Å². The van der Waals surface area contributed by atoms with Crippen LogP contribution in [-0.2, 0) is 9.53 Å². The van der Waals surface area contributed by atoms with Crippen LogP contribution in [0.2, 0.25) is 0 Å². The van der Waals surface area contributed by atoms with Crippen LogP contribution in [0.3, 0.4) is 0 Å². The third kappa shape index (κ3) is 1.79. The first kappa shape index (κ1) is 10.7. The lowest BCUT2D eigenvalue weighted by molar-refractivity contribution is -0.126. The predicted molar refractivity (Wildman–Crippen MR) is 66.4 cm³/mol. The van der Waals surface area contributed by atoms with E-state index in [1.165, 1.54) is 5.69 Å². The predicted octanol–water partition coefficient (Wildman–Crippen LogP) is 1.90. The van der Waals surface area contributed by atoms with Gasteiger partial charge >= 0.3 is 0 Å². The van der Waals surface area contributed by atoms with E-state index in [0.29, 0.717) is 30.6 Å². The molecular weight excluding hydrogens is 319 g/mol. The van der Waals surface area contributed by atoms with E-state index in [9.17, 15) is 4.79 Å². The van der Waals surface area contributed by atoms with Gasteiger partial charge in [0.25, 0.3) is 0 Å². The molecule has 1 aromatic heterocycles. The smallest absolute Gasteiger partial charge is 0.137 e. The average molecular weight is 332 g/mol. The molecule has 1 aliphatic heterocycles. The standard InChI is InChI=1S/C11H13IN2O2/c12-11-5-10(7-1-2-16-6-7)14(13-11)8-3-9(15)4-8/h5,7-8H,1-4,6H2. The van der Waals surface area contributed by atoms with Crippen LogP contribution in [0.1, 0.15) is 36.9 Å². The van der Waals surface area contributed by atoms with Crippen LogP contribution in [0.15, 0.2) is 6.07 Å². The molecule has 4 nitrogen and oxygen atoms in total. The van der Waals surface area contributed by atoms with E-state index in [0.717, 1.165) is 23.3 Å². The largest absolute Gasteiger partial charge is 0.381 e. The molecule has 16 heavy (non-hydrogen) atoms. The first-order chi connectivity index (χ1) is 7.74. The second kappa shape index (κ2) is 4.10. The van der Waals surface area contributed by atoms with Gasteiger partial charge in [0, 0.05) is 31.1 Å². The number of ether oxygens (including phenoxy) is 1. The van der Waals surface area contributed by atoms with Crippen molar-refractivity contribution in [3.63, 3.8) is 0 Å². The van der Waals surface area contributed by atoms with Crippen LogP contribution in [0, 0.1) is 3.70 Å². The molecule has 0 spiro atoms. The van der Waals surface area contributed by atoms with Crippen LogP contribution in [-0.4, -0.2) is 28.8 Å². The van der Waals surface area contributed by atoms with Gasteiger partial charge in [-0.1, -0.05) is 0 Å². The number of aromatic nitrogens is 2. The molecule has 3 rings (SSSR count). The highest BCUT2D eigenvalue weighted by Gasteiger charge is 2.33. The molecule has 86 valence electrons. The Morgan fingerprint density at radius 2 is 2.31 bits per heavy atom. The van der Waals surface area contributed by atoms with E-state index in [2.05, 4.69) is 38.4 Å². The van der Waals surface area contributed by atoms with E-state index >= 15 is 0 Å². The topological polar surface area (TPSA) is 44.1 Å². The molecular formula is C11H13IN2O2. The molecule has 0 radical (unpaired) electrons. The van der Waals surface area contributed by atoms with Crippen molar-refractivity contribution in [2.24, 2.45) is 0 Å². The van der Waals surface area contributed by atoms with Gasteiger partial charge in [0.2, 0.25) is 0 Å². The summed E-state index contributed by atoms with van der Waals surface area (Å²) in [5, 5.41) is 4.51. The Balaban J connectivity index is 1.88. The van der Waals surface area contributed by atoms with E-state index in [4.69, 9.17) is 4.74 Å². The molecule has 0 amide bonds. The lowest BCUT2D eigenvalue weighted by atomic mass is 9.90. The summed E-state index contributed by atoms with van der Waals surface area (Å²) >= 11 is 2.23. The number of carbonyl (C=O) groups excluding carboxylic acids is 1. The van der Waals surface area contributed by atoms with Gasteiger partial charge in [-0.15, -0.1) is 0 Å². The highest BCUT2D eigenvalue weighted by Crippen LogP contribution is 2.34. The average Bonchev–Trinajstić information content (AvgIpc) is 2.80. The number of ketones is 1. The molecule has 2 fully saturated rings. The molecule has 0 N–H and O–H groups in total. The Morgan fingerprint density at radius 3 is 2.94 bits per heavy atom. The Labute approximate surface area is 107 Å². The molecule has 1 saturated heterocycles. The second-order valence-corrected chi connectivity index (χ2v) is 5.60. The normalized spacial score (nSPS) is 26.1. The fraction of sp³-hybridized carbons (Fsp3) is 0.636. The Hall–Kier alpha value is -0.430. The minimum atomic E-state index is 0.298. The number of hydrogen-bond donors (Lipinski definition) is 0. The fourth-order valence-corrected chi connectivity index (χ4v) is 2.93. The van der Waals surface area contributed by atoms with E-state index in [-0.39, 0.29) is 0 Å². The van der Waals surface area contributed by atoms with Gasteiger partial charge in [0.15, 0.2) is 0 Å². The van der Waals surface area contributed by atoms with Crippen LogP contribution < -0.4 is 0 Å². The zero-order valence-corrected chi connectivity index (χ0v) is 11.0. The highest BCUT2D eigenvalue weighted by atomic mass is 127. The minimum absolute atomic E-state index is 0.298. The molecule has 1 atom stereocenters. The lowest BCUT2D eigenvalue weighted by Crippen LogP contribution is -2.29. The van der Waals surface area contributed by atoms with Crippen LogP contribution in [0.4, 0.5) is 0 Å². The van der Waals surface area contributed by atoms with E-state index < -0.39 is 0 Å². The summed E-state index contributed by atoms with van der Waals surface area (Å²) in [7, 11) is 0. The van der Waals surface area contributed by atoms with Crippen molar-refractivity contribution in [3.05, 3.63) is 15.5 Å². The number of Topliss-reactive ketones (excluding diaryl/α,β-unsaturated/α-hetero) is 1. The first-order valence-electron chi connectivity index (χ1n) is 5.58. The van der Waals surface area contributed by atoms with Crippen molar-refractivity contribution in [1.82, 2.24) is 9.78 Å². The summed E-state index contributed by atoms with van der Waals surface area (Å²) < 4.78 is 8.49. The molecule has 0 aromatic carbocycles. The molecule has 2 aliphatic rings. The molecule has 0 bridgehead atoms. The first-order valence-corrected chi connectivity index (χ1v) is 6.66. The Morgan fingerprint density at radius 1 is 1.50 bits per heavy atom. The summed E-state index contributed by atoms with van der Waals surface area (Å²) in [6.45, 7) is 1.64. The van der Waals surface area contributed by atoms with Gasteiger partial charge < -0.3 is 4.74 Å². The zero-order chi connectivity index (χ0) is 11.1. The summed E-state index contributed by atoms with van der Waals surface area (Å²) in [6.07, 6.45) is 2.37. The van der Waals surface area contributed by atoms with Gasteiger partial charge in [0.05, 0.1) is 12.6 Å². The summed E-state index contributed by atoms with van der Waals surface area (Å²) in [4.78, 5) is 11.1. The molecule has 5 heteroatoms. The Kier molecular flexibility index (Phi) is 2.75. The van der Waals surface area contributed by atoms with Gasteiger partial charge in [0.1, 0.15) is 9.48 Å². The minimum Gasteiger partial charge on any atom is -0.381 e. The molecule has 1 unspecified atom stereocenters. The third-order valence-electron chi connectivity index (χ3n) is 3.36. The third-order valence-corrected chi connectivity index (χ3v) is 3.88. The molecule has 2 heterocycles. The quantitative estimate of drug-likeness (QED) is 0.777. The van der Waals surface area contributed by atoms with Gasteiger partial charge in [-0.2, -0.15) is 5.10 Å². The van der Waals surface area contributed by atoms with Crippen molar-refractivity contribution >= 4 is 28.4 Å². The highest BCUT2D eigenvalue weighted by molar-refractivity contribution is 14.1. The van der Waals surface area contributed by atoms with Crippen molar-refractivity contribution in [1.29, 1.82) is 0 Å². The number of rotatable bonds is 2. The van der Waals surface area contributed by atoms with Crippen LogP contribution in [0.5, 0.6) is 0 Å². The Bertz CT molecular complexity index is 416. The number of nitrogens with zero attached hydrogens (tertiary/aromatic N) is 2. The summed E-state index contributed by atoms with van der Waals surface area (Å²) in [5.74, 6) is 0.816. The number of halogens is 1.